The third kappa shape index (κ3) is 6.92. The van der Waals surface area contributed by atoms with Gasteiger partial charge in [-0.3, -0.25) is 4.79 Å². The highest BCUT2D eigenvalue weighted by molar-refractivity contribution is 5.74. The van der Waals surface area contributed by atoms with Crippen LogP contribution in [0.2, 0.25) is 0 Å². The van der Waals surface area contributed by atoms with Crippen molar-refractivity contribution in [1.82, 2.24) is 10.6 Å². The van der Waals surface area contributed by atoms with E-state index >= 15 is 0 Å². The number of hydrogen-bond donors (Lipinski definition) is 3. The second-order valence-corrected chi connectivity index (χ2v) is 3.99. The summed E-state index contributed by atoms with van der Waals surface area (Å²) in [4.78, 5) is 21.5. The number of carbonyl (C=O) groups is 2. The number of nitrogens with one attached hydrogen (secondary N) is 2. The lowest BCUT2D eigenvalue weighted by Gasteiger charge is -2.08. The van der Waals surface area contributed by atoms with E-state index in [1.807, 2.05) is 31.2 Å². The minimum absolute atomic E-state index is 0.0901. The first-order valence-electron chi connectivity index (χ1n) is 6.01. The van der Waals surface area contributed by atoms with Crippen LogP contribution in [0.5, 0.6) is 5.75 Å². The largest absolute Gasteiger partial charge is 0.492 e. The maximum Gasteiger partial charge on any atom is 0.314 e. The molecule has 0 aliphatic rings. The van der Waals surface area contributed by atoms with Crippen LogP contribution in [0.25, 0.3) is 0 Å². The Hall–Kier alpha value is -2.24. The van der Waals surface area contributed by atoms with E-state index in [9.17, 15) is 9.59 Å². The number of carbonyl (C=O) groups excluding carboxylic acids is 1. The summed E-state index contributed by atoms with van der Waals surface area (Å²) in [5, 5.41) is 13.4. The number of rotatable bonds is 7. The van der Waals surface area contributed by atoms with Gasteiger partial charge in [-0.2, -0.15) is 0 Å². The SMILES string of the molecule is Cc1cccc(OCCNC(=O)NCCC(=O)O)c1. The van der Waals surface area contributed by atoms with E-state index in [0.29, 0.717) is 13.2 Å². The number of urea groups is 1. The van der Waals surface area contributed by atoms with E-state index in [1.54, 1.807) is 0 Å². The summed E-state index contributed by atoms with van der Waals surface area (Å²) in [5.74, 6) is -0.184. The van der Waals surface area contributed by atoms with Gasteiger partial charge < -0.3 is 20.5 Å². The van der Waals surface area contributed by atoms with Crippen molar-refractivity contribution in [3.8, 4) is 5.75 Å². The highest BCUT2D eigenvalue weighted by Crippen LogP contribution is 2.11. The molecule has 1 rings (SSSR count). The van der Waals surface area contributed by atoms with Gasteiger partial charge in [0.2, 0.25) is 0 Å². The monoisotopic (exact) mass is 266 g/mol. The van der Waals surface area contributed by atoms with E-state index in [-0.39, 0.29) is 13.0 Å². The van der Waals surface area contributed by atoms with E-state index in [2.05, 4.69) is 10.6 Å². The Labute approximate surface area is 111 Å². The summed E-state index contributed by atoms with van der Waals surface area (Å²) in [6.45, 7) is 2.80. The Morgan fingerprint density at radius 3 is 2.68 bits per heavy atom. The zero-order chi connectivity index (χ0) is 14.1. The Balaban J connectivity index is 2.10. The molecule has 0 heterocycles. The molecule has 0 atom stereocenters. The molecule has 0 bridgehead atoms. The van der Waals surface area contributed by atoms with Crippen molar-refractivity contribution in [2.75, 3.05) is 19.7 Å². The van der Waals surface area contributed by atoms with Crippen molar-refractivity contribution in [2.45, 2.75) is 13.3 Å². The maximum atomic E-state index is 11.2. The lowest BCUT2D eigenvalue weighted by atomic mass is 10.2. The number of ether oxygens (including phenoxy) is 1. The molecule has 0 saturated heterocycles. The Bertz CT molecular complexity index is 434. The fraction of sp³-hybridized carbons (Fsp3) is 0.385. The van der Waals surface area contributed by atoms with Gasteiger partial charge in [0, 0.05) is 6.54 Å². The molecule has 6 nitrogen and oxygen atoms in total. The minimum Gasteiger partial charge on any atom is -0.492 e. The van der Waals surface area contributed by atoms with Gasteiger partial charge in [-0.15, -0.1) is 0 Å². The van der Waals surface area contributed by atoms with Crippen molar-refractivity contribution in [2.24, 2.45) is 0 Å². The standard InChI is InChI=1S/C13H18N2O4/c1-10-3-2-4-11(9-10)19-8-7-15-13(18)14-6-5-12(16)17/h2-4,9H,5-8H2,1H3,(H,16,17)(H2,14,15,18). The first kappa shape index (κ1) is 14.8. The van der Waals surface area contributed by atoms with Crippen molar-refractivity contribution >= 4 is 12.0 Å². The van der Waals surface area contributed by atoms with Crippen LogP contribution in [-0.4, -0.2) is 36.8 Å². The zero-order valence-electron chi connectivity index (χ0n) is 10.8. The molecule has 0 aliphatic heterocycles. The van der Waals surface area contributed by atoms with Gasteiger partial charge >= 0.3 is 12.0 Å². The predicted molar refractivity (Wildman–Crippen MR) is 70.3 cm³/mol. The second kappa shape index (κ2) is 7.97. The summed E-state index contributed by atoms with van der Waals surface area (Å²) in [6.07, 6.45) is -0.0901. The van der Waals surface area contributed by atoms with E-state index in [0.717, 1.165) is 11.3 Å². The molecule has 6 heteroatoms. The van der Waals surface area contributed by atoms with E-state index in [1.165, 1.54) is 0 Å². The fourth-order valence-corrected chi connectivity index (χ4v) is 1.38. The number of hydrogen-bond acceptors (Lipinski definition) is 3. The molecule has 1 aromatic rings. The zero-order valence-corrected chi connectivity index (χ0v) is 10.8. The third-order valence-electron chi connectivity index (χ3n) is 2.27. The summed E-state index contributed by atoms with van der Waals surface area (Å²) in [7, 11) is 0. The molecule has 0 radical (unpaired) electrons. The molecule has 1 aromatic carbocycles. The van der Waals surface area contributed by atoms with Gasteiger partial charge in [0.15, 0.2) is 0 Å². The summed E-state index contributed by atoms with van der Waals surface area (Å²) < 4.78 is 5.44. The second-order valence-electron chi connectivity index (χ2n) is 3.99. The first-order chi connectivity index (χ1) is 9.08. The highest BCUT2D eigenvalue weighted by atomic mass is 16.5. The number of carboxylic acids is 1. The first-order valence-corrected chi connectivity index (χ1v) is 6.01. The van der Waals surface area contributed by atoms with Crippen LogP contribution in [0.1, 0.15) is 12.0 Å². The highest BCUT2D eigenvalue weighted by Gasteiger charge is 2.01. The van der Waals surface area contributed by atoms with Gasteiger partial charge in [0.05, 0.1) is 13.0 Å². The fourth-order valence-electron chi connectivity index (χ4n) is 1.38. The van der Waals surface area contributed by atoms with Gasteiger partial charge in [0.1, 0.15) is 12.4 Å². The molecule has 0 saturated carbocycles. The van der Waals surface area contributed by atoms with Crippen molar-refractivity contribution in [3.63, 3.8) is 0 Å². The van der Waals surface area contributed by atoms with Crippen LogP contribution >= 0.6 is 0 Å². The molecular formula is C13H18N2O4. The van der Waals surface area contributed by atoms with Crippen LogP contribution in [0.15, 0.2) is 24.3 Å². The summed E-state index contributed by atoms with van der Waals surface area (Å²) >= 11 is 0. The van der Waals surface area contributed by atoms with Crippen molar-refractivity contribution in [3.05, 3.63) is 29.8 Å². The molecule has 0 fully saturated rings. The predicted octanol–water partition coefficient (Wildman–Crippen LogP) is 1.15. The van der Waals surface area contributed by atoms with Crippen molar-refractivity contribution in [1.29, 1.82) is 0 Å². The molecular weight excluding hydrogens is 248 g/mol. The summed E-state index contributed by atoms with van der Waals surface area (Å²) in [5.41, 5.74) is 1.11. The van der Waals surface area contributed by atoms with Gasteiger partial charge in [-0.1, -0.05) is 12.1 Å². The average molecular weight is 266 g/mol. The van der Waals surface area contributed by atoms with Crippen LogP contribution in [0, 0.1) is 6.92 Å². The van der Waals surface area contributed by atoms with Crippen LogP contribution in [-0.2, 0) is 4.79 Å². The van der Waals surface area contributed by atoms with Crippen LogP contribution in [0.3, 0.4) is 0 Å². The smallest absolute Gasteiger partial charge is 0.314 e. The average Bonchev–Trinajstić information content (AvgIpc) is 2.34. The number of carboxylic acid groups (broad SMARTS) is 1. The minimum atomic E-state index is -0.942. The molecule has 104 valence electrons. The topological polar surface area (TPSA) is 87.7 Å². The molecule has 0 aromatic heterocycles. The molecule has 0 spiro atoms. The number of aliphatic carboxylic acids is 1. The number of amides is 2. The summed E-state index contributed by atoms with van der Waals surface area (Å²) in [6, 6.07) is 7.24. The normalized spacial score (nSPS) is 9.74. The number of benzene rings is 1. The Kier molecular flexibility index (Phi) is 6.21. The lowest BCUT2D eigenvalue weighted by molar-refractivity contribution is -0.136. The Morgan fingerprint density at radius 2 is 2.00 bits per heavy atom. The van der Waals surface area contributed by atoms with Crippen molar-refractivity contribution < 1.29 is 19.4 Å². The lowest BCUT2D eigenvalue weighted by Crippen LogP contribution is -2.38. The molecule has 0 unspecified atom stereocenters. The molecule has 19 heavy (non-hydrogen) atoms. The molecule has 2 amide bonds. The van der Waals surface area contributed by atoms with Crippen LogP contribution < -0.4 is 15.4 Å². The van der Waals surface area contributed by atoms with Crippen LogP contribution in [0.4, 0.5) is 4.79 Å². The van der Waals surface area contributed by atoms with E-state index < -0.39 is 12.0 Å². The maximum absolute atomic E-state index is 11.2. The third-order valence-corrected chi connectivity index (χ3v) is 2.27. The van der Waals surface area contributed by atoms with Gasteiger partial charge in [-0.25, -0.2) is 4.79 Å². The molecule has 3 N–H and O–H groups in total. The van der Waals surface area contributed by atoms with E-state index in [4.69, 9.17) is 9.84 Å². The quantitative estimate of drug-likeness (QED) is 0.646. The molecule has 0 aliphatic carbocycles. The Morgan fingerprint density at radius 1 is 1.26 bits per heavy atom. The van der Waals surface area contributed by atoms with Gasteiger partial charge in [0.25, 0.3) is 0 Å². The number of aryl methyl sites for hydroxylation is 1. The van der Waals surface area contributed by atoms with Gasteiger partial charge in [-0.05, 0) is 24.6 Å².